The summed E-state index contributed by atoms with van der Waals surface area (Å²) in [7, 11) is 0. The molecule has 1 heterocycles. The number of nitrogens with zero attached hydrogens (tertiary/aromatic N) is 4. The Morgan fingerprint density at radius 3 is 2.80 bits per heavy atom. The number of nitrogens with one attached hydrogen (secondary N) is 2. The van der Waals surface area contributed by atoms with Crippen molar-refractivity contribution in [2.75, 3.05) is 17.2 Å². The molecule has 3 aromatic rings. The number of rotatable bonds is 5. The Balaban J connectivity index is 1.66. The molecule has 2 N–H and O–H groups in total. The van der Waals surface area contributed by atoms with Gasteiger partial charge in [-0.15, -0.1) is 5.10 Å². The second-order valence-corrected chi connectivity index (χ2v) is 6.16. The molecule has 7 nitrogen and oxygen atoms in total. The molecule has 0 radical (unpaired) electrons. The first kappa shape index (κ1) is 17.0. The van der Waals surface area contributed by atoms with Crippen molar-refractivity contribution >= 4 is 33.2 Å². The van der Waals surface area contributed by atoms with Crippen LogP contribution in [-0.2, 0) is 4.79 Å². The van der Waals surface area contributed by atoms with E-state index in [9.17, 15) is 9.18 Å². The Bertz CT molecular complexity index is 900. The van der Waals surface area contributed by atoms with Gasteiger partial charge in [0.05, 0.1) is 23.6 Å². The molecule has 0 spiro atoms. The quantitative estimate of drug-likeness (QED) is 0.682. The van der Waals surface area contributed by atoms with Gasteiger partial charge in [0.2, 0.25) is 5.91 Å². The molecule has 0 aliphatic rings. The zero-order chi connectivity index (χ0) is 17.8. The molecular weight excluding hydrogens is 391 g/mol. The fraction of sp³-hybridized carbons (Fsp3) is 0.125. The third-order valence-electron chi connectivity index (χ3n) is 3.40. The van der Waals surface area contributed by atoms with E-state index >= 15 is 0 Å². The van der Waals surface area contributed by atoms with Gasteiger partial charge in [0, 0.05) is 4.47 Å². The summed E-state index contributed by atoms with van der Waals surface area (Å²) < 4.78 is 16.1. The molecular formula is C16H14BrFN6O. The Labute approximate surface area is 151 Å². The highest BCUT2D eigenvalue weighted by molar-refractivity contribution is 9.10. The van der Waals surface area contributed by atoms with Crippen LogP contribution in [0.15, 0.2) is 47.2 Å². The van der Waals surface area contributed by atoms with Gasteiger partial charge in [-0.05, 0) is 69.2 Å². The van der Waals surface area contributed by atoms with E-state index in [-0.39, 0.29) is 18.1 Å². The summed E-state index contributed by atoms with van der Waals surface area (Å²) >= 11 is 3.40. The second-order valence-electron chi connectivity index (χ2n) is 5.30. The van der Waals surface area contributed by atoms with Crippen LogP contribution < -0.4 is 10.6 Å². The Hall–Kier alpha value is -2.81. The van der Waals surface area contributed by atoms with Crippen LogP contribution in [0, 0.1) is 12.7 Å². The summed E-state index contributed by atoms with van der Waals surface area (Å²) in [6, 6.07) is 9.95. The lowest BCUT2D eigenvalue weighted by molar-refractivity contribution is -0.114. The van der Waals surface area contributed by atoms with Gasteiger partial charge in [-0.25, -0.2) is 9.07 Å². The molecule has 0 fully saturated rings. The molecule has 3 rings (SSSR count). The van der Waals surface area contributed by atoms with Crippen molar-refractivity contribution in [3.63, 3.8) is 0 Å². The maximum atomic E-state index is 13.9. The van der Waals surface area contributed by atoms with Crippen molar-refractivity contribution in [1.82, 2.24) is 20.2 Å². The van der Waals surface area contributed by atoms with E-state index in [1.165, 1.54) is 23.1 Å². The predicted octanol–water partition coefficient (Wildman–Crippen LogP) is 2.92. The SMILES string of the molecule is Cc1ccc(NC(=O)CNc2cc(-n3cnnn3)ccc2F)c(Br)c1. The standard InChI is InChI=1S/C16H14BrFN6O/c1-10-2-5-14(12(17)6-10)21-16(25)8-19-15-7-11(3-4-13(15)18)24-9-20-22-23-24/h2-7,9,19H,8H2,1H3,(H,21,25). The molecule has 25 heavy (non-hydrogen) atoms. The number of carbonyl (C=O) groups excluding carboxylic acids is 1. The lowest BCUT2D eigenvalue weighted by Crippen LogP contribution is -2.22. The van der Waals surface area contributed by atoms with Gasteiger partial charge < -0.3 is 10.6 Å². The highest BCUT2D eigenvalue weighted by Gasteiger charge is 2.09. The van der Waals surface area contributed by atoms with E-state index in [1.54, 1.807) is 12.1 Å². The summed E-state index contributed by atoms with van der Waals surface area (Å²) in [5.74, 6) is -0.766. The molecule has 128 valence electrons. The lowest BCUT2D eigenvalue weighted by atomic mass is 10.2. The number of anilines is 2. The summed E-state index contributed by atoms with van der Waals surface area (Å²) in [5.41, 5.74) is 2.49. The molecule has 0 saturated carbocycles. The molecule has 1 aromatic heterocycles. The molecule has 0 aliphatic heterocycles. The van der Waals surface area contributed by atoms with Gasteiger partial charge in [-0.2, -0.15) is 0 Å². The molecule has 0 aliphatic carbocycles. The van der Waals surface area contributed by atoms with Crippen LogP contribution in [0.4, 0.5) is 15.8 Å². The van der Waals surface area contributed by atoms with Crippen LogP contribution in [0.25, 0.3) is 5.69 Å². The van der Waals surface area contributed by atoms with Gasteiger partial charge in [-0.3, -0.25) is 4.79 Å². The molecule has 0 bridgehead atoms. The predicted molar refractivity (Wildman–Crippen MR) is 95.1 cm³/mol. The Morgan fingerprint density at radius 1 is 1.24 bits per heavy atom. The average molecular weight is 405 g/mol. The van der Waals surface area contributed by atoms with Crippen LogP contribution >= 0.6 is 15.9 Å². The highest BCUT2D eigenvalue weighted by Crippen LogP contribution is 2.23. The van der Waals surface area contributed by atoms with Crippen molar-refractivity contribution < 1.29 is 9.18 Å². The fourth-order valence-corrected chi connectivity index (χ4v) is 2.75. The first-order chi connectivity index (χ1) is 12.0. The fourth-order valence-electron chi connectivity index (χ4n) is 2.16. The minimum atomic E-state index is -0.471. The number of aromatic nitrogens is 4. The molecule has 0 unspecified atom stereocenters. The van der Waals surface area contributed by atoms with Gasteiger partial charge in [0.25, 0.3) is 0 Å². The zero-order valence-corrected chi connectivity index (χ0v) is 14.8. The van der Waals surface area contributed by atoms with Crippen molar-refractivity contribution in [2.45, 2.75) is 6.92 Å². The van der Waals surface area contributed by atoms with Crippen molar-refractivity contribution in [3.05, 3.63) is 58.6 Å². The van der Waals surface area contributed by atoms with Gasteiger partial charge >= 0.3 is 0 Å². The first-order valence-electron chi connectivity index (χ1n) is 7.36. The van der Waals surface area contributed by atoms with Crippen molar-refractivity contribution in [3.8, 4) is 5.69 Å². The number of hydrogen-bond acceptors (Lipinski definition) is 5. The number of aryl methyl sites for hydroxylation is 1. The maximum Gasteiger partial charge on any atom is 0.243 e. The minimum Gasteiger partial charge on any atom is -0.374 e. The third-order valence-corrected chi connectivity index (χ3v) is 4.06. The molecule has 0 saturated heterocycles. The van der Waals surface area contributed by atoms with Crippen LogP contribution in [0.3, 0.4) is 0 Å². The van der Waals surface area contributed by atoms with E-state index in [2.05, 4.69) is 42.1 Å². The second kappa shape index (κ2) is 7.39. The summed E-state index contributed by atoms with van der Waals surface area (Å²) in [6.45, 7) is 1.87. The minimum absolute atomic E-state index is 0.0870. The van der Waals surface area contributed by atoms with Crippen LogP contribution in [0.5, 0.6) is 0 Å². The Kier molecular flexibility index (Phi) is 5.03. The number of benzene rings is 2. The summed E-state index contributed by atoms with van der Waals surface area (Å²) in [6.07, 6.45) is 1.40. The van der Waals surface area contributed by atoms with Crippen LogP contribution in [0.2, 0.25) is 0 Å². The average Bonchev–Trinajstić information content (AvgIpc) is 3.11. The van der Waals surface area contributed by atoms with Crippen LogP contribution in [-0.4, -0.2) is 32.7 Å². The summed E-state index contributed by atoms with van der Waals surface area (Å²) in [4.78, 5) is 12.1. The maximum absolute atomic E-state index is 13.9. The van der Waals surface area contributed by atoms with Crippen molar-refractivity contribution in [1.29, 1.82) is 0 Å². The topological polar surface area (TPSA) is 84.7 Å². The number of carbonyl (C=O) groups is 1. The largest absolute Gasteiger partial charge is 0.374 e. The normalized spacial score (nSPS) is 10.5. The monoisotopic (exact) mass is 404 g/mol. The third kappa shape index (κ3) is 4.18. The molecule has 2 aromatic carbocycles. The van der Waals surface area contributed by atoms with E-state index < -0.39 is 5.82 Å². The molecule has 9 heteroatoms. The van der Waals surface area contributed by atoms with E-state index in [4.69, 9.17) is 0 Å². The number of hydrogen-bond donors (Lipinski definition) is 2. The zero-order valence-electron chi connectivity index (χ0n) is 13.2. The van der Waals surface area contributed by atoms with Gasteiger partial charge in [0.1, 0.15) is 12.1 Å². The Morgan fingerprint density at radius 2 is 2.08 bits per heavy atom. The van der Waals surface area contributed by atoms with Gasteiger partial charge in [0.15, 0.2) is 0 Å². The number of tetrazole rings is 1. The van der Waals surface area contributed by atoms with E-state index in [0.717, 1.165) is 10.0 Å². The van der Waals surface area contributed by atoms with E-state index in [1.807, 2.05) is 19.1 Å². The summed E-state index contributed by atoms with van der Waals surface area (Å²) in [5, 5.41) is 16.4. The molecule has 0 atom stereocenters. The lowest BCUT2D eigenvalue weighted by Gasteiger charge is -2.11. The van der Waals surface area contributed by atoms with Crippen molar-refractivity contribution in [2.24, 2.45) is 0 Å². The number of halogens is 2. The van der Waals surface area contributed by atoms with Crippen LogP contribution in [0.1, 0.15) is 5.56 Å². The first-order valence-corrected chi connectivity index (χ1v) is 8.15. The molecule has 1 amide bonds. The smallest absolute Gasteiger partial charge is 0.243 e. The highest BCUT2D eigenvalue weighted by atomic mass is 79.9. The number of amides is 1. The van der Waals surface area contributed by atoms with E-state index in [0.29, 0.717) is 11.4 Å². The van der Waals surface area contributed by atoms with Gasteiger partial charge in [-0.1, -0.05) is 6.07 Å².